The minimum absolute atomic E-state index is 0.0670. The molecular weight excluding hydrogens is 306 g/mol. The van der Waals surface area contributed by atoms with Gasteiger partial charge in [-0.3, -0.25) is 9.59 Å². The number of amides is 1. The lowest BCUT2D eigenvalue weighted by molar-refractivity contribution is -0.144. The SMILES string of the molecule is CCOC(=O)CCN(C(=O)/C=C/c1ccco1)C1CCCCCC1. The molecule has 1 aromatic rings. The first kappa shape index (κ1) is 18.3. The summed E-state index contributed by atoms with van der Waals surface area (Å²) in [7, 11) is 0. The summed E-state index contributed by atoms with van der Waals surface area (Å²) in [5.74, 6) is 0.330. The van der Waals surface area contributed by atoms with Crippen molar-refractivity contribution in [3.63, 3.8) is 0 Å². The summed E-state index contributed by atoms with van der Waals surface area (Å²) in [5, 5.41) is 0. The molecule has 1 aliphatic carbocycles. The monoisotopic (exact) mass is 333 g/mol. The van der Waals surface area contributed by atoms with Gasteiger partial charge >= 0.3 is 5.97 Å². The highest BCUT2D eigenvalue weighted by Gasteiger charge is 2.24. The van der Waals surface area contributed by atoms with Crippen LogP contribution in [0.2, 0.25) is 0 Å². The van der Waals surface area contributed by atoms with Crippen LogP contribution in [-0.2, 0) is 14.3 Å². The molecule has 0 N–H and O–H groups in total. The number of carbonyl (C=O) groups excluding carboxylic acids is 2. The molecule has 1 heterocycles. The molecule has 0 bridgehead atoms. The summed E-state index contributed by atoms with van der Waals surface area (Å²) in [5.41, 5.74) is 0. The van der Waals surface area contributed by atoms with Crippen molar-refractivity contribution in [1.29, 1.82) is 0 Å². The Morgan fingerprint density at radius 3 is 2.67 bits per heavy atom. The number of furan rings is 1. The molecule has 0 saturated heterocycles. The van der Waals surface area contributed by atoms with Crippen LogP contribution in [0.4, 0.5) is 0 Å². The van der Waals surface area contributed by atoms with Crippen LogP contribution in [0.15, 0.2) is 28.9 Å². The highest BCUT2D eigenvalue weighted by molar-refractivity contribution is 5.91. The molecule has 1 amide bonds. The minimum Gasteiger partial charge on any atom is -0.466 e. The van der Waals surface area contributed by atoms with E-state index < -0.39 is 0 Å². The Bertz CT molecular complexity index is 528. The maximum Gasteiger partial charge on any atom is 0.307 e. The van der Waals surface area contributed by atoms with E-state index in [2.05, 4.69) is 0 Å². The van der Waals surface area contributed by atoms with Gasteiger partial charge in [0.15, 0.2) is 0 Å². The first-order valence-electron chi connectivity index (χ1n) is 8.88. The van der Waals surface area contributed by atoms with E-state index in [1.807, 2.05) is 4.90 Å². The third kappa shape index (κ3) is 5.87. The van der Waals surface area contributed by atoms with E-state index in [0.29, 0.717) is 18.9 Å². The normalized spacial score (nSPS) is 16.0. The van der Waals surface area contributed by atoms with Gasteiger partial charge in [-0.15, -0.1) is 0 Å². The van der Waals surface area contributed by atoms with E-state index >= 15 is 0 Å². The summed E-state index contributed by atoms with van der Waals surface area (Å²) in [6.45, 7) is 2.57. The van der Waals surface area contributed by atoms with Crippen LogP contribution in [0.1, 0.15) is 57.6 Å². The van der Waals surface area contributed by atoms with E-state index in [-0.39, 0.29) is 24.3 Å². The zero-order valence-corrected chi connectivity index (χ0v) is 14.4. The maximum absolute atomic E-state index is 12.7. The van der Waals surface area contributed by atoms with E-state index in [9.17, 15) is 9.59 Å². The molecule has 1 aromatic heterocycles. The minimum atomic E-state index is -0.251. The molecule has 2 rings (SSSR count). The van der Waals surface area contributed by atoms with Crippen LogP contribution in [-0.4, -0.2) is 36.0 Å². The first-order chi connectivity index (χ1) is 11.7. The molecule has 0 spiro atoms. The maximum atomic E-state index is 12.7. The third-order valence-electron chi connectivity index (χ3n) is 4.34. The molecule has 5 nitrogen and oxygen atoms in total. The van der Waals surface area contributed by atoms with Crippen molar-refractivity contribution in [1.82, 2.24) is 4.90 Å². The smallest absolute Gasteiger partial charge is 0.307 e. The summed E-state index contributed by atoms with van der Waals surface area (Å²) in [6, 6.07) is 3.79. The number of rotatable bonds is 7. The first-order valence-corrected chi connectivity index (χ1v) is 8.88. The lowest BCUT2D eigenvalue weighted by Crippen LogP contribution is -2.40. The van der Waals surface area contributed by atoms with Crippen LogP contribution in [0.5, 0.6) is 0 Å². The van der Waals surface area contributed by atoms with Gasteiger partial charge in [-0.25, -0.2) is 0 Å². The fraction of sp³-hybridized carbons (Fsp3) is 0.579. The van der Waals surface area contributed by atoms with Gasteiger partial charge in [0, 0.05) is 18.7 Å². The highest BCUT2D eigenvalue weighted by Crippen LogP contribution is 2.22. The average molecular weight is 333 g/mol. The molecule has 0 aliphatic heterocycles. The van der Waals surface area contributed by atoms with Crippen LogP contribution in [0, 0.1) is 0 Å². The number of esters is 1. The fourth-order valence-corrected chi connectivity index (χ4v) is 3.12. The highest BCUT2D eigenvalue weighted by atomic mass is 16.5. The number of carbonyl (C=O) groups is 2. The van der Waals surface area contributed by atoms with Gasteiger partial charge in [0.05, 0.1) is 19.3 Å². The van der Waals surface area contributed by atoms with Gasteiger partial charge in [0.1, 0.15) is 5.76 Å². The van der Waals surface area contributed by atoms with Crippen LogP contribution in [0.3, 0.4) is 0 Å². The van der Waals surface area contributed by atoms with Gasteiger partial charge in [0.2, 0.25) is 5.91 Å². The van der Waals surface area contributed by atoms with Crippen molar-refractivity contribution < 1.29 is 18.7 Å². The summed E-state index contributed by atoms with van der Waals surface area (Å²) in [6.07, 6.45) is 11.7. The second kappa shape index (κ2) is 9.96. The standard InChI is InChI=1S/C19H27NO4/c1-2-23-19(22)13-14-20(16-8-5-3-4-6-9-16)18(21)12-11-17-10-7-15-24-17/h7,10-12,15-16H,2-6,8-9,13-14H2,1H3/b12-11+. The summed E-state index contributed by atoms with van der Waals surface area (Å²) >= 11 is 0. The molecule has 0 atom stereocenters. The van der Waals surface area contributed by atoms with Gasteiger partial charge in [-0.1, -0.05) is 25.7 Å². The zero-order chi connectivity index (χ0) is 17.2. The van der Waals surface area contributed by atoms with Crippen LogP contribution < -0.4 is 0 Å². The third-order valence-corrected chi connectivity index (χ3v) is 4.34. The van der Waals surface area contributed by atoms with Gasteiger partial charge in [-0.2, -0.15) is 0 Å². The second-order valence-electron chi connectivity index (χ2n) is 6.08. The van der Waals surface area contributed by atoms with Gasteiger partial charge in [0.25, 0.3) is 0 Å². The molecular formula is C19H27NO4. The largest absolute Gasteiger partial charge is 0.466 e. The molecule has 0 unspecified atom stereocenters. The predicted molar refractivity (Wildman–Crippen MR) is 92.2 cm³/mol. The summed E-state index contributed by atoms with van der Waals surface area (Å²) in [4.78, 5) is 26.2. The molecule has 0 radical (unpaired) electrons. The number of hydrogen-bond acceptors (Lipinski definition) is 4. The van der Waals surface area contributed by atoms with Crippen LogP contribution >= 0.6 is 0 Å². The van der Waals surface area contributed by atoms with Gasteiger partial charge < -0.3 is 14.1 Å². The number of ether oxygens (including phenoxy) is 1. The Morgan fingerprint density at radius 2 is 2.04 bits per heavy atom. The van der Waals surface area contributed by atoms with E-state index in [1.54, 1.807) is 31.4 Å². The summed E-state index contributed by atoms with van der Waals surface area (Å²) < 4.78 is 10.2. The lowest BCUT2D eigenvalue weighted by atomic mass is 10.1. The number of hydrogen-bond donors (Lipinski definition) is 0. The molecule has 1 aliphatic rings. The molecule has 0 aromatic carbocycles. The van der Waals surface area contributed by atoms with E-state index in [1.165, 1.54) is 18.9 Å². The molecule has 132 valence electrons. The Kier molecular flexibility index (Phi) is 7.59. The molecule has 1 saturated carbocycles. The van der Waals surface area contributed by atoms with E-state index in [4.69, 9.17) is 9.15 Å². The van der Waals surface area contributed by atoms with Crippen molar-refractivity contribution >= 4 is 18.0 Å². The molecule has 5 heteroatoms. The topological polar surface area (TPSA) is 59.8 Å². The Morgan fingerprint density at radius 1 is 1.29 bits per heavy atom. The van der Waals surface area contributed by atoms with Crippen molar-refractivity contribution in [3.05, 3.63) is 30.2 Å². The van der Waals surface area contributed by atoms with Gasteiger partial charge in [-0.05, 0) is 38.0 Å². The molecule has 1 fully saturated rings. The van der Waals surface area contributed by atoms with E-state index in [0.717, 1.165) is 25.7 Å². The second-order valence-corrected chi connectivity index (χ2v) is 6.08. The zero-order valence-electron chi connectivity index (χ0n) is 14.4. The molecule has 24 heavy (non-hydrogen) atoms. The number of nitrogens with zero attached hydrogens (tertiary/aromatic N) is 1. The fourth-order valence-electron chi connectivity index (χ4n) is 3.12. The quantitative estimate of drug-likeness (QED) is 0.433. The van der Waals surface area contributed by atoms with Crippen molar-refractivity contribution in [2.24, 2.45) is 0 Å². The van der Waals surface area contributed by atoms with Crippen molar-refractivity contribution in [2.45, 2.75) is 57.9 Å². The van der Waals surface area contributed by atoms with Crippen molar-refractivity contribution in [3.8, 4) is 0 Å². The Balaban J connectivity index is 2.02. The lowest BCUT2D eigenvalue weighted by Gasteiger charge is -2.30. The predicted octanol–water partition coefficient (Wildman–Crippen LogP) is 3.80. The average Bonchev–Trinajstić information content (AvgIpc) is 2.95. The Labute approximate surface area is 143 Å². The van der Waals surface area contributed by atoms with Crippen molar-refractivity contribution in [2.75, 3.05) is 13.2 Å². The Hall–Kier alpha value is -2.04. The van der Waals surface area contributed by atoms with Crippen LogP contribution in [0.25, 0.3) is 6.08 Å².